The fourth-order valence-electron chi connectivity index (χ4n) is 3.15. The third kappa shape index (κ3) is 5.28. The molecule has 1 unspecified atom stereocenters. The molecule has 0 saturated carbocycles. The summed E-state index contributed by atoms with van der Waals surface area (Å²) >= 11 is 0. The first-order chi connectivity index (χ1) is 12.4. The minimum atomic E-state index is -4.19. The van der Waals surface area contributed by atoms with Gasteiger partial charge in [-0.25, -0.2) is 0 Å². The maximum atomic E-state index is 12.9. The van der Waals surface area contributed by atoms with E-state index in [-0.39, 0.29) is 24.0 Å². The third-order valence-corrected chi connectivity index (χ3v) is 4.74. The van der Waals surface area contributed by atoms with Gasteiger partial charge < -0.3 is 14.6 Å². The number of para-hydroxylation sites is 1. The number of hydrogen-bond acceptors (Lipinski definition) is 3. The molecule has 2 heterocycles. The van der Waals surface area contributed by atoms with Crippen molar-refractivity contribution in [3.63, 3.8) is 0 Å². The van der Waals surface area contributed by atoms with Crippen LogP contribution >= 0.6 is 24.0 Å². The Hall–Kier alpha value is -1.49. The number of aliphatic imine (C=N–C) groups is 1. The number of alkyl halides is 3. The molecule has 1 aromatic carbocycles. The van der Waals surface area contributed by atoms with Crippen molar-refractivity contribution in [1.82, 2.24) is 15.1 Å². The van der Waals surface area contributed by atoms with Crippen molar-refractivity contribution in [1.29, 1.82) is 0 Å². The molecular formula is C18H24F3IN4O. The largest absolute Gasteiger partial charge is 0.459 e. The van der Waals surface area contributed by atoms with Crippen LogP contribution in [0.3, 0.4) is 0 Å². The van der Waals surface area contributed by atoms with E-state index in [0.29, 0.717) is 38.7 Å². The normalized spacial score (nSPS) is 17.7. The second-order valence-corrected chi connectivity index (χ2v) is 6.39. The molecule has 2 aromatic rings. The fraction of sp³-hybridized carbons (Fsp3) is 0.500. The molecule has 0 aliphatic carbocycles. The zero-order valence-corrected chi connectivity index (χ0v) is 17.6. The summed E-state index contributed by atoms with van der Waals surface area (Å²) in [6.45, 7) is 3.39. The van der Waals surface area contributed by atoms with Crippen molar-refractivity contribution in [2.75, 3.05) is 33.2 Å². The number of halogens is 4. The standard InChI is InChI=1S/C18H23F3N4O.HI/c1-13(18(19,20)21)24-7-9-25(10-8-24)17(22-2)23-12-15-11-14-5-3-4-6-16(14)26-15;/h3-6,11,13H,7-10,12H2,1-2H3,(H,22,23);1H. The summed E-state index contributed by atoms with van der Waals surface area (Å²) in [7, 11) is 1.67. The van der Waals surface area contributed by atoms with Crippen molar-refractivity contribution in [2.24, 2.45) is 4.99 Å². The zero-order valence-electron chi connectivity index (χ0n) is 15.3. The van der Waals surface area contributed by atoms with Crippen molar-refractivity contribution in [2.45, 2.75) is 25.7 Å². The van der Waals surface area contributed by atoms with Gasteiger partial charge in [0.25, 0.3) is 0 Å². The molecule has 1 N–H and O–H groups in total. The first-order valence-corrected chi connectivity index (χ1v) is 8.62. The quantitative estimate of drug-likeness (QED) is 0.400. The number of piperazine rings is 1. The van der Waals surface area contributed by atoms with Gasteiger partial charge in [0.2, 0.25) is 0 Å². The van der Waals surface area contributed by atoms with E-state index in [9.17, 15) is 13.2 Å². The fourth-order valence-corrected chi connectivity index (χ4v) is 3.15. The molecule has 1 aromatic heterocycles. The number of furan rings is 1. The van der Waals surface area contributed by atoms with Crippen molar-refractivity contribution < 1.29 is 17.6 Å². The molecule has 1 aliphatic heterocycles. The average Bonchev–Trinajstić information content (AvgIpc) is 3.04. The zero-order chi connectivity index (χ0) is 18.7. The predicted octanol–water partition coefficient (Wildman–Crippen LogP) is 3.69. The van der Waals surface area contributed by atoms with E-state index in [4.69, 9.17) is 4.42 Å². The lowest BCUT2D eigenvalue weighted by Crippen LogP contribution is -2.56. The van der Waals surface area contributed by atoms with Crippen LogP contribution in [-0.2, 0) is 6.54 Å². The summed E-state index contributed by atoms with van der Waals surface area (Å²) < 4.78 is 44.3. The summed E-state index contributed by atoms with van der Waals surface area (Å²) in [5, 5.41) is 4.27. The van der Waals surface area contributed by atoms with E-state index in [1.165, 1.54) is 11.8 Å². The molecule has 5 nitrogen and oxygen atoms in total. The van der Waals surface area contributed by atoms with E-state index >= 15 is 0 Å². The van der Waals surface area contributed by atoms with Gasteiger partial charge in [0.15, 0.2) is 5.96 Å². The molecule has 1 saturated heterocycles. The summed E-state index contributed by atoms with van der Waals surface area (Å²) in [6.07, 6.45) is -4.19. The Morgan fingerprint density at radius 1 is 1.22 bits per heavy atom. The SMILES string of the molecule is CN=C(NCc1cc2ccccc2o1)N1CCN(C(C)C(F)(F)F)CC1.I. The van der Waals surface area contributed by atoms with E-state index in [0.717, 1.165) is 16.7 Å². The summed E-state index contributed by atoms with van der Waals surface area (Å²) in [6, 6.07) is 8.32. The maximum Gasteiger partial charge on any atom is 0.403 e. The van der Waals surface area contributed by atoms with Crippen LogP contribution in [0.1, 0.15) is 12.7 Å². The minimum Gasteiger partial charge on any atom is -0.459 e. The van der Waals surface area contributed by atoms with Crippen LogP contribution in [0.15, 0.2) is 39.7 Å². The van der Waals surface area contributed by atoms with Crippen LogP contribution in [0.4, 0.5) is 13.2 Å². The lowest BCUT2D eigenvalue weighted by molar-refractivity contribution is -0.181. The number of rotatable bonds is 3. The highest BCUT2D eigenvalue weighted by Crippen LogP contribution is 2.25. The summed E-state index contributed by atoms with van der Waals surface area (Å²) in [5.74, 6) is 1.46. The molecule has 0 amide bonds. The van der Waals surface area contributed by atoms with Gasteiger partial charge in [-0.2, -0.15) is 13.2 Å². The van der Waals surface area contributed by atoms with Crippen LogP contribution in [0.5, 0.6) is 0 Å². The van der Waals surface area contributed by atoms with E-state index in [1.807, 2.05) is 35.2 Å². The number of nitrogens with zero attached hydrogens (tertiary/aromatic N) is 3. The second-order valence-electron chi connectivity index (χ2n) is 6.39. The molecule has 0 bridgehead atoms. The number of hydrogen-bond donors (Lipinski definition) is 1. The predicted molar refractivity (Wildman–Crippen MR) is 110 cm³/mol. The van der Waals surface area contributed by atoms with Gasteiger partial charge in [-0.3, -0.25) is 9.89 Å². The molecule has 27 heavy (non-hydrogen) atoms. The van der Waals surface area contributed by atoms with E-state index in [2.05, 4.69) is 10.3 Å². The molecule has 1 fully saturated rings. The smallest absolute Gasteiger partial charge is 0.403 e. The Balaban J connectivity index is 0.00000261. The maximum absolute atomic E-state index is 12.9. The van der Waals surface area contributed by atoms with Gasteiger partial charge in [0.1, 0.15) is 17.4 Å². The van der Waals surface area contributed by atoms with Crippen LogP contribution in [0, 0.1) is 0 Å². The average molecular weight is 496 g/mol. The van der Waals surface area contributed by atoms with Gasteiger partial charge in [-0.1, -0.05) is 18.2 Å². The topological polar surface area (TPSA) is 44.0 Å². The van der Waals surface area contributed by atoms with Crippen molar-refractivity contribution in [3.05, 3.63) is 36.1 Å². The molecule has 0 spiro atoms. The molecule has 150 valence electrons. The van der Waals surface area contributed by atoms with E-state index < -0.39 is 12.2 Å². The summed E-state index contributed by atoms with van der Waals surface area (Å²) in [4.78, 5) is 7.68. The Bertz CT molecular complexity index is 736. The Morgan fingerprint density at radius 2 is 1.89 bits per heavy atom. The molecular weight excluding hydrogens is 472 g/mol. The Kier molecular flexibility index (Phi) is 7.38. The van der Waals surface area contributed by atoms with Gasteiger partial charge in [-0.15, -0.1) is 24.0 Å². The number of benzene rings is 1. The van der Waals surface area contributed by atoms with Gasteiger partial charge in [-0.05, 0) is 19.1 Å². The number of guanidine groups is 1. The Labute approximate surface area is 173 Å². The Morgan fingerprint density at radius 3 is 2.48 bits per heavy atom. The highest BCUT2D eigenvalue weighted by Gasteiger charge is 2.41. The molecule has 9 heteroatoms. The molecule has 1 atom stereocenters. The summed E-state index contributed by atoms with van der Waals surface area (Å²) in [5.41, 5.74) is 0.828. The number of nitrogens with one attached hydrogen (secondary N) is 1. The van der Waals surface area contributed by atoms with Crippen molar-refractivity contribution >= 4 is 40.9 Å². The highest BCUT2D eigenvalue weighted by atomic mass is 127. The highest BCUT2D eigenvalue weighted by molar-refractivity contribution is 14.0. The van der Waals surface area contributed by atoms with Crippen LogP contribution in [0.25, 0.3) is 11.0 Å². The third-order valence-electron chi connectivity index (χ3n) is 4.74. The van der Waals surface area contributed by atoms with Crippen LogP contribution in [-0.4, -0.2) is 61.2 Å². The van der Waals surface area contributed by atoms with E-state index in [1.54, 1.807) is 7.05 Å². The molecule has 3 rings (SSSR count). The lowest BCUT2D eigenvalue weighted by Gasteiger charge is -2.39. The lowest BCUT2D eigenvalue weighted by atomic mass is 10.2. The van der Waals surface area contributed by atoms with Gasteiger partial charge in [0, 0.05) is 38.6 Å². The van der Waals surface area contributed by atoms with Gasteiger partial charge in [0.05, 0.1) is 6.54 Å². The van der Waals surface area contributed by atoms with Crippen LogP contribution < -0.4 is 5.32 Å². The molecule has 1 aliphatic rings. The first-order valence-electron chi connectivity index (χ1n) is 8.62. The second kappa shape index (κ2) is 9.13. The van der Waals surface area contributed by atoms with Crippen molar-refractivity contribution in [3.8, 4) is 0 Å². The molecule has 0 radical (unpaired) electrons. The minimum absolute atomic E-state index is 0. The van der Waals surface area contributed by atoms with Gasteiger partial charge >= 0.3 is 6.18 Å². The monoisotopic (exact) mass is 496 g/mol. The van der Waals surface area contributed by atoms with Crippen LogP contribution in [0.2, 0.25) is 0 Å². The first kappa shape index (κ1) is 21.8. The number of fused-ring (bicyclic) bond motifs is 1.